The first kappa shape index (κ1) is 11.0. The number of nitrogens with one attached hydrogen (secondary N) is 1. The predicted octanol–water partition coefficient (Wildman–Crippen LogP) is 1.88. The molecule has 0 atom stereocenters. The number of allylic oxidation sites excluding steroid dienone is 1. The lowest BCUT2D eigenvalue weighted by Gasteiger charge is -2.05. The van der Waals surface area contributed by atoms with E-state index in [0.717, 1.165) is 25.2 Å². The van der Waals surface area contributed by atoms with Gasteiger partial charge < -0.3 is 5.32 Å². The van der Waals surface area contributed by atoms with Crippen molar-refractivity contribution in [3.63, 3.8) is 0 Å². The van der Waals surface area contributed by atoms with Crippen LogP contribution >= 0.6 is 0 Å². The molecule has 0 aromatic carbocycles. The maximum atomic E-state index is 4.32. The Labute approximate surface area is 85.8 Å². The minimum atomic E-state index is 0.817. The Morgan fingerprint density at radius 3 is 2.93 bits per heavy atom. The Kier molecular flexibility index (Phi) is 3.89. The van der Waals surface area contributed by atoms with Crippen molar-refractivity contribution >= 4 is 0 Å². The topological polar surface area (TPSA) is 29.9 Å². The summed E-state index contributed by atoms with van der Waals surface area (Å²) in [6.07, 6.45) is 1.93. The summed E-state index contributed by atoms with van der Waals surface area (Å²) in [6.45, 7) is 12.8. The van der Waals surface area contributed by atoms with Crippen molar-refractivity contribution in [3.8, 4) is 0 Å². The first-order valence-electron chi connectivity index (χ1n) is 5.01. The lowest BCUT2D eigenvalue weighted by Crippen LogP contribution is -2.12. The van der Waals surface area contributed by atoms with Gasteiger partial charge in [-0.3, -0.25) is 4.68 Å². The molecule has 0 amide bonds. The molecule has 78 valence electrons. The molecule has 0 aliphatic carbocycles. The van der Waals surface area contributed by atoms with Crippen LogP contribution in [0.3, 0.4) is 0 Å². The zero-order valence-electron chi connectivity index (χ0n) is 9.30. The Balaban J connectivity index is 2.69. The van der Waals surface area contributed by atoms with Crippen LogP contribution in [-0.2, 0) is 13.1 Å². The van der Waals surface area contributed by atoms with E-state index in [-0.39, 0.29) is 0 Å². The Hall–Kier alpha value is -1.09. The van der Waals surface area contributed by atoms with E-state index in [1.807, 2.05) is 17.8 Å². The van der Waals surface area contributed by atoms with Gasteiger partial charge in [0.2, 0.25) is 0 Å². The lowest BCUT2D eigenvalue weighted by molar-refractivity contribution is 0.652. The average molecular weight is 193 g/mol. The molecule has 0 unspecified atom stereocenters. The lowest BCUT2D eigenvalue weighted by atomic mass is 10.2. The maximum Gasteiger partial charge on any atom is 0.0617 e. The minimum absolute atomic E-state index is 0.817. The molecule has 1 N–H and O–H groups in total. The van der Waals surface area contributed by atoms with Crippen LogP contribution in [-0.4, -0.2) is 16.3 Å². The fraction of sp³-hybridized carbons (Fsp3) is 0.545. The first-order valence-corrected chi connectivity index (χ1v) is 5.01. The van der Waals surface area contributed by atoms with Crippen LogP contribution < -0.4 is 5.32 Å². The van der Waals surface area contributed by atoms with Gasteiger partial charge in [-0.2, -0.15) is 5.10 Å². The summed E-state index contributed by atoms with van der Waals surface area (Å²) in [5.74, 6) is 0. The van der Waals surface area contributed by atoms with Crippen LogP contribution in [0.15, 0.2) is 18.3 Å². The predicted molar refractivity (Wildman–Crippen MR) is 59.2 cm³/mol. The summed E-state index contributed by atoms with van der Waals surface area (Å²) in [6, 6.07) is 0. The zero-order valence-corrected chi connectivity index (χ0v) is 9.30. The smallest absolute Gasteiger partial charge is 0.0617 e. The number of hydrogen-bond acceptors (Lipinski definition) is 2. The Morgan fingerprint density at radius 2 is 2.36 bits per heavy atom. The van der Waals surface area contributed by atoms with Crippen molar-refractivity contribution in [1.82, 2.24) is 15.1 Å². The van der Waals surface area contributed by atoms with Gasteiger partial charge in [0, 0.05) is 17.8 Å². The largest absolute Gasteiger partial charge is 0.313 e. The van der Waals surface area contributed by atoms with E-state index >= 15 is 0 Å². The Bertz CT molecular complexity index is 312. The highest BCUT2D eigenvalue weighted by atomic mass is 15.3. The highest BCUT2D eigenvalue weighted by Gasteiger charge is 2.04. The van der Waals surface area contributed by atoms with E-state index in [0.29, 0.717) is 0 Å². The molecule has 1 aromatic heterocycles. The molecule has 0 saturated carbocycles. The Morgan fingerprint density at radius 1 is 1.64 bits per heavy atom. The summed E-state index contributed by atoms with van der Waals surface area (Å²) < 4.78 is 2.00. The van der Waals surface area contributed by atoms with Crippen molar-refractivity contribution in [1.29, 1.82) is 0 Å². The van der Waals surface area contributed by atoms with Gasteiger partial charge in [-0.05, 0) is 20.4 Å². The van der Waals surface area contributed by atoms with Crippen LogP contribution in [0.1, 0.15) is 25.1 Å². The van der Waals surface area contributed by atoms with Gasteiger partial charge in [0.05, 0.1) is 12.7 Å². The van der Waals surface area contributed by atoms with Crippen molar-refractivity contribution in [2.24, 2.45) is 0 Å². The molecule has 0 radical (unpaired) electrons. The second-order valence-corrected chi connectivity index (χ2v) is 3.65. The summed E-state index contributed by atoms with van der Waals surface area (Å²) in [4.78, 5) is 0. The minimum Gasteiger partial charge on any atom is -0.313 e. The molecule has 3 nitrogen and oxygen atoms in total. The van der Waals surface area contributed by atoms with Gasteiger partial charge in [0.1, 0.15) is 0 Å². The molecule has 1 heterocycles. The molecule has 0 aliphatic heterocycles. The third kappa shape index (κ3) is 2.70. The molecule has 0 spiro atoms. The fourth-order valence-electron chi connectivity index (χ4n) is 1.33. The van der Waals surface area contributed by atoms with Crippen LogP contribution in [0.5, 0.6) is 0 Å². The van der Waals surface area contributed by atoms with E-state index in [1.54, 1.807) is 0 Å². The summed E-state index contributed by atoms with van der Waals surface area (Å²) in [7, 11) is 0. The molecule has 0 saturated heterocycles. The van der Waals surface area contributed by atoms with Crippen LogP contribution in [0.25, 0.3) is 0 Å². The normalized spacial score (nSPS) is 10.5. The van der Waals surface area contributed by atoms with Crippen LogP contribution in [0, 0.1) is 6.92 Å². The maximum absolute atomic E-state index is 4.32. The number of aromatic nitrogens is 2. The van der Waals surface area contributed by atoms with E-state index < -0.39 is 0 Å². The quantitative estimate of drug-likeness (QED) is 0.724. The van der Waals surface area contributed by atoms with Gasteiger partial charge in [-0.1, -0.05) is 19.1 Å². The fourth-order valence-corrected chi connectivity index (χ4v) is 1.33. The average Bonchev–Trinajstić information content (AvgIpc) is 2.45. The molecular weight excluding hydrogens is 174 g/mol. The second-order valence-electron chi connectivity index (χ2n) is 3.65. The second kappa shape index (κ2) is 4.96. The molecule has 0 fully saturated rings. The molecule has 0 aliphatic rings. The monoisotopic (exact) mass is 193 g/mol. The van der Waals surface area contributed by atoms with E-state index in [9.17, 15) is 0 Å². The molecule has 0 bridgehead atoms. The molecule has 1 rings (SSSR count). The van der Waals surface area contributed by atoms with Crippen molar-refractivity contribution in [3.05, 3.63) is 29.6 Å². The number of nitrogens with zero attached hydrogens (tertiary/aromatic N) is 2. The third-order valence-corrected chi connectivity index (χ3v) is 2.19. The summed E-state index contributed by atoms with van der Waals surface area (Å²) >= 11 is 0. The summed E-state index contributed by atoms with van der Waals surface area (Å²) in [5, 5.41) is 7.62. The first-order chi connectivity index (χ1) is 6.65. The number of hydrogen-bond donors (Lipinski definition) is 1. The van der Waals surface area contributed by atoms with Gasteiger partial charge in [-0.25, -0.2) is 0 Å². The molecular formula is C11H19N3. The van der Waals surface area contributed by atoms with Crippen molar-refractivity contribution in [2.75, 3.05) is 6.54 Å². The molecule has 3 heteroatoms. The van der Waals surface area contributed by atoms with E-state index in [2.05, 4.69) is 30.8 Å². The zero-order chi connectivity index (χ0) is 10.6. The van der Waals surface area contributed by atoms with Crippen LogP contribution in [0.4, 0.5) is 0 Å². The van der Waals surface area contributed by atoms with E-state index in [4.69, 9.17) is 0 Å². The molecule has 1 aromatic rings. The van der Waals surface area contributed by atoms with Gasteiger partial charge >= 0.3 is 0 Å². The van der Waals surface area contributed by atoms with Gasteiger partial charge in [0.15, 0.2) is 0 Å². The van der Waals surface area contributed by atoms with Gasteiger partial charge in [-0.15, -0.1) is 0 Å². The summed E-state index contributed by atoms with van der Waals surface area (Å²) in [5.41, 5.74) is 3.63. The highest BCUT2D eigenvalue weighted by Crippen LogP contribution is 2.08. The van der Waals surface area contributed by atoms with Crippen LogP contribution in [0.2, 0.25) is 0 Å². The van der Waals surface area contributed by atoms with Crippen molar-refractivity contribution < 1.29 is 0 Å². The molecule has 14 heavy (non-hydrogen) atoms. The SMILES string of the molecule is C=C(C)Cn1ncc(CNCC)c1C. The van der Waals surface area contributed by atoms with Gasteiger partial charge in [0.25, 0.3) is 0 Å². The standard InChI is InChI=1S/C11H19N3/c1-5-12-6-11-7-13-14(10(11)4)8-9(2)3/h7,12H,2,5-6,8H2,1,3-4H3. The number of rotatable bonds is 5. The third-order valence-electron chi connectivity index (χ3n) is 2.19. The highest BCUT2D eigenvalue weighted by molar-refractivity contribution is 5.16. The van der Waals surface area contributed by atoms with Crippen molar-refractivity contribution in [2.45, 2.75) is 33.9 Å². The van der Waals surface area contributed by atoms with E-state index in [1.165, 1.54) is 11.3 Å².